The van der Waals surface area contributed by atoms with E-state index in [1.54, 1.807) is 30.7 Å². The molecule has 23 heteroatoms. The van der Waals surface area contributed by atoms with Crippen LogP contribution in [-0.2, 0) is 25.5 Å². The molecule has 21 nitrogen and oxygen atoms in total. The van der Waals surface area contributed by atoms with Crippen molar-refractivity contribution in [3.05, 3.63) is 101 Å². The molecule has 7 aromatic rings. The number of hydrogen-bond acceptors (Lipinski definition) is 19. The Morgan fingerprint density at radius 1 is 0.916 bits per heavy atom. The number of β-amino-alcohol motifs (C(OH)–C–C–N with tert-alkyl or cyclic N) is 1. The van der Waals surface area contributed by atoms with Gasteiger partial charge < -0.3 is 53.3 Å². The Morgan fingerprint density at radius 3 is 2.41 bits per heavy atom. The number of carbonyl (C=O) groups excluding carboxylic acids is 3. The van der Waals surface area contributed by atoms with Crippen molar-refractivity contribution in [2.45, 2.75) is 173 Å². The van der Waals surface area contributed by atoms with Crippen molar-refractivity contribution < 1.29 is 52.1 Å². The van der Waals surface area contributed by atoms with Gasteiger partial charge in [-0.05, 0) is 169 Å². The topological polar surface area (TPSA) is 223 Å². The van der Waals surface area contributed by atoms with Crippen LogP contribution in [0.1, 0.15) is 141 Å². The minimum atomic E-state index is -0.850. The zero-order valence-electron chi connectivity index (χ0n) is 56.1. The quantitative estimate of drug-likeness (QED) is 0.0638. The highest BCUT2D eigenvalue weighted by molar-refractivity contribution is 7.13. The molecule has 0 saturated carbocycles. The van der Waals surface area contributed by atoms with Crippen LogP contribution in [0.15, 0.2) is 76.9 Å². The molecule has 6 aliphatic heterocycles. The van der Waals surface area contributed by atoms with E-state index in [2.05, 4.69) is 43.1 Å². The van der Waals surface area contributed by atoms with E-state index >= 15 is 4.39 Å². The van der Waals surface area contributed by atoms with Gasteiger partial charge in [-0.3, -0.25) is 24.4 Å². The van der Waals surface area contributed by atoms with Crippen LogP contribution in [0, 0.1) is 24.6 Å². The Hall–Kier alpha value is -7.57. The molecule has 8 atom stereocenters. The van der Waals surface area contributed by atoms with Crippen LogP contribution in [0.25, 0.3) is 43.4 Å². The van der Waals surface area contributed by atoms with Crippen molar-refractivity contribution >= 4 is 56.7 Å². The van der Waals surface area contributed by atoms with Crippen LogP contribution in [-0.4, -0.2) is 182 Å². The van der Waals surface area contributed by atoms with Gasteiger partial charge in [0.1, 0.15) is 46.9 Å². The summed E-state index contributed by atoms with van der Waals surface area (Å²) in [4.78, 5) is 73.2. The zero-order chi connectivity index (χ0) is 66.4. The molecule has 0 radical (unpaired) electrons. The Labute approximate surface area is 559 Å². The number of piperidine rings is 1. The molecule has 10 heterocycles. The number of piperazine rings is 1. The van der Waals surface area contributed by atoms with Crippen LogP contribution in [0.4, 0.5) is 15.0 Å². The summed E-state index contributed by atoms with van der Waals surface area (Å²) in [5.74, 6) is -0.117. The third-order valence-corrected chi connectivity index (χ3v) is 21.6. The fourth-order valence-corrected chi connectivity index (χ4v) is 16.6. The van der Waals surface area contributed by atoms with Gasteiger partial charge in [-0.2, -0.15) is 9.97 Å². The number of hydrogen-bond donors (Lipinski definition) is 2. The molecular weight excluding hydrogens is 1230 g/mol. The molecule has 2 unspecified atom stereocenters. The van der Waals surface area contributed by atoms with E-state index in [9.17, 15) is 19.5 Å². The van der Waals surface area contributed by atoms with E-state index in [0.29, 0.717) is 72.4 Å². The number of aliphatic hydroxyl groups excluding tert-OH is 1. The largest absolute Gasteiger partial charge is 0.475 e. The molecule has 6 aliphatic rings. The number of fused-ring (bicyclic) bond motifs is 5. The third-order valence-electron chi connectivity index (χ3n) is 20.6. The van der Waals surface area contributed by atoms with Crippen LogP contribution < -0.4 is 24.4 Å². The first-order chi connectivity index (χ1) is 45.7. The Balaban J connectivity index is 0.651. The highest BCUT2D eigenvalue weighted by atomic mass is 32.1. The molecule has 3 amide bonds. The highest BCUT2D eigenvalue weighted by Crippen LogP contribution is 2.45. The van der Waals surface area contributed by atoms with E-state index in [1.807, 2.05) is 107 Å². The van der Waals surface area contributed by atoms with Gasteiger partial charge in [0.05, 0.1) is 57.8 Å². The predicted octanol–water partition coefficient (Wildman–Crippen LogP) is 11.3. The lowest BCUT2D eigenvalue weighted by Gasteiger charge is -2.42. The zero-order valence-corrected chi connectivity index (χ0v) is 57.0. The maximum absolute atomic E-state index is 17.9. The van der Waals surface area contributed by atoms with Gasteiger partial charge in [0, 0.05) is 63.6 Å². The molecule has 0 aliphatic carbocycles. The van der Waals surface area contributed by atoms with Crippen molar-refractivity contribution in [2.24, 2.45) is 11.8 Å². The number of halogens is 1. The first-order valence-corrected chi connectivity index (χ1v) is 34.9. The van der Waals surface area contributed by atoms with Gasteiger partial charge >= 0.3 is 12.1 Å². The number of aryl methyl sites for hydroxylation is 2. The fraction of sp³-hybridized carbons (Fsp3) is 0.556. The number of aromatic nitrogens is 5. The first-order valence-electron chi connectivity index (χ1n) is 34.1. The standard InChI is InChI=1S/C72H90FN11O10S/c1-10-46-13-11-14-49-29-54(92-41-89-9)31-55(61(46)49)63-62(73)64-56(33-74-63)66(81-35-51-19-20-52(36-81)84(51)70(88)93-71(6,7)8)78-69(77-64)91-39-72-24-12-26-83(72)50(21-25-72)34-80-27-22-45(23-28-80)38-90-59-32-58(94-79-59)60(42(2)3)68(87)82-37-53(85)30-57(82)67(86)76-43(4)47-15-17-48(18-16-47)65-44(5)75-40-95-65/h11,13-18,29,31-33,40,42-43,45,50-53,57,60,85H,10,12,19-28,30,34-39,41H2,1-9H3,(H,76,86)/t43-,50-,51?,52?,53+,57-,60+,72+/m0/s1. The lowest BCUT2D eigenvalue weighted by molar-refractivity contribution is -0.141. The van der Waals surface area contributed by atoms with Gasteiger partial charge in [0.2, 0.25) is 11.8 Å². The minimum absolute atomic E-state index is 0.0247. The van der Waals surface area contributed by atoms with E-state index in [0.717, 1.165) is 122 Å². The summed E-state index contributed by atoms with van der Waals surface area (Å²) in [6.45, 7) is 21.1. The average Bonchev–Trinajstić information content (AvgIpc) is 0.948. The van der Waals surface area contributed by atoms with Crippen molar-refractivity contribution in [2.75, 3.05) is 77.8 Å². The summed E-state index contributed by atoms with van der Waals surface area (Å²) in [5, 5.41) is 20.5. The number of benzene rings is 3. The summed E-state index contributed by atoms with van der Waals surface area (Å²) < 4.78 is 54.0. The SMILES string of the molecule is CCc1cccc2cc(OCOC)cc(-c3ncc4c(N5CC6CCC(C5)N6C(=O)OC(C)(C)C)nc(OC[C@]56CCCN5[C@H](CN5CCC(COc7cc([C@H](C(=O)N8C[C@H](O)C[C@H]8C(=O)N[C@@H](C)c8ccc(-c9scnc9C)cc8)C(C)C)on7)CC5)CC6)nc4c3F)c12. The van der Waals surface area contributed by atoms with E-state index in [-0.39, 0.29) is 84.5 Å². The normalized spacial score (nSPS) is 23.2. The van der Waals surface area contributed by atoms with E-state index in [4.69, 9.17) is 43.2 Å². The third kappa shape index (κ3) is 13.7. The second-order valence-corrected chi connectivity index (χ2v) is 29.3. The van der Waals surface area contributed by atoms with Crippen LogP contribution >= 0.6 is 11.3 Å². The number of thiazole rings is 1. The molecular formula is C72H90FN11O10S. The molecule has 3 aromatic carbocycles. The molecule has 95 heavy (non-hydrogen) atoms. The molecule has 6 fully saturated rings. The Morgan fingerprint density at radius 2 is 1.69 bits per heavy atom. The smallest absolute Gasteiger partial charge is 0.410 e. The summed E-state index contributed by atoms with van der Waals surface area (Å²) >= 11 is 1.59. The van der Waals surface area contributed by atoms with Gasteiger partial charge in [-0.1, -0.05) is 63.2 Å². The number of pyridine rings is 1. The van der Waals surface area contributed by atoms with Crippen molar-refractivity contribution in [1.82, 2.24) is 50.0 Å². The number of amides is 3. The highest BCUT2D eigenvalue weighted by Gasteiger charge is 2.51. The second kappa shape index (κ2) is 27.5. The monoisotopic (exact) mass is 1320 g/mol. The number of methoxy groups -OCH3 is 1. The lowest BCUT2D eigenvalue weighted by Crippen LogP contribution is -2.57. The molecule has 2 N–H and O–H groups in total. The van der Waals surface area contributed by atoms with Crippen molar-refractivity contribution in [1.29, 1.82) is 0 Å². The van der Waals surface area contributed by atoms with Crippen molar-refractivity contribution in [3.8, 4) is 39.3 Å². The van der Waals surface area contributed by atoms with Crippen LogP contribution in [0.5, 0.6) is 17.6 Å². The number of nitrogens with one attached hydrogen (secondary N) is 1. The molecule has 0 spiro atoms. The number of rotatable bonds is 21. The van der Waals surface area contributed by atoms with Crippen LogP contribution in [0.3, 0.4) is 0 Å². The summed E-state index contributed by atoms with van der Waals surface area (Å²) in [7, 11) is 1.56. The number of ether oxygens (including phenoxy) is 5. The Bertz CT molecular complexity index is 3910. The fourth-order valence-electron chi connectivity index (χ4n) is 15.8. The molecule has 506 valence electrons. The van der Waals surface area contributed by atoms with E-state index in [1.165, 1.54) is 4.90 Å². The number of likely N-dealkylation sites (tertiary alicyclic amines) is 2. The maximum Gasteiger partial charge on any atom is 0.410 e. The molecule has 4 aromatic heterocycles. The molecule has 13 rings (SSSR count). The number of aliphatic hydroxyl groups is 1. The van der Waals surface area contributed by atoms with Gasteiger partial charge in [0.15, 0.2) is 18.4 Å². The maximum atomic E-state index is 17.9. The number of carbonyl (C=O) groups is 3. The lowest BCUT2D eigenvalue weighted by atomic mass is 9.91. The summed E-state index contributed by atoms with van der Waals surface area (Å²) in [6.07, 6.45) is 8.89. The molecule has 6 saturated heterocycles. The summed E-state index contributed by atoms with van der Waals surface area (Å²) in [6, 6.07) is 18.6. The predicted molar refractivity (Wildman–Crippen MR) is 360 cm³/mol. The van der Waals surface area contributed by atoms with Gasteiger partial charge in [-0.15, -0.1) is 11.3 Å². The minimum Gasteiger partial charge on any atom is -0.475 e. The number of nitrogens with zero attached hydrogens (tertiary/aromatic N) is 10. The number of anilines is 1. The second-order valence-electron chi connectivity index (χ2n) is 28.4. The average molecular weight is 1320 g/mol. The van der Waals surface area contributed by atoms with E-state index < -0.39 is 29.5 Å². The Kier molecular flexibility index (Phi) is 19.1. The van der Waals surface area contributed by atoms with Crippen LogP contribution in [0.2, 0.25) is 0 Å². The summed E-state index contributed by atoms with van der Waals surface area (Å²) in [5.41, 5.74) is 5.82. The van der Waals surface area contributed by atoms with Gasteiger partial charge in [0.25, 0.3) is 5.88 Å². The molecule has 2 bridgehead atoms. The van der Waals surface area contributed by atoms with Gasteiger partial charge in [-0.25, -0.2) is 14.2 Å². The first kappa shape index (κ1) is 66.1. The van der Waals surface area contributed by atoms with Crippen molar-refractivity contribution in [3.63, 3.8) is 0 Å².